The van der Waals surface area contributed by atoms with Crippen molar-refractivity contribution in [3.63, 3.8) is 0 Å². The Morgan fingerprint density at radius 1 is 1.14 bits per heavy atom. The van der Waals surface area contributed by atoms with E-state index in [2.05, 4.69) is 22.1 Å². The molecule has 14 heteroatoms. The molecule has 1 saturated carbocycles. The summed E-state index contributed by atoms with van der Waals surface area (Å²) in [5.41, 5.74) is -1.97. The number of hydrogen-bond acceptors (Lipinski definition) is 7. The highest BCUT2D eigenvalue weighted by Gasteiger charge is 2.37. The van der Waals surface area contributed by atoms with Gasteiger partial charge in [0.15, 0.2) is 11.6 Å². The first-order valence-corrected chi connectivity index (χ1v) is 13.4. The van der Waals surface area contributed by atoms with Crippen LogP contribution in [0.25, 0.3) is 0 Å². The number of rotatable bonds is 10. The van der Waals surface area contributed by atoms with Gasteiger partial charge in [-0.1, -0.05) is 6.92 Å². The number of amides is 1. The molecule has 2 heterocycles. The zero-order valence-electron chi connectivity index (χ0n) is 23.3. The Balaban J connectivity index is 1.72. The van der Waals surface area contributed by atoms with E-state index in [1.807, 2.05) is 0 Å². The molecule has 0 saturated heterocycles. The van der Waals surface area contributed by atoms with Gasteiger partial charge in [0, 0.05) is 31.4 Å². The number of carboxylic acid groups (broad SMARTS) is 1. The third kappa shape index (κ3) is 7.04. The normalized spacial score (nSPS) is 18.0. The van der Waals surface area contributed by atoms with Crippen molar-refractivity contribution in [3.05, 3.63) is 59.3 Å². The van der Waals surface area contributed by atoms with Gasteiger partial charge in [0.2, 0.25) is 11.8 Å². The summed E-state index contributed by atoms with van der Waals surface area (Å²) in [5, 5.41) is 17.7. The predicted molar refractivity (Wildman–Crippen MR) is 142 cm³/mol. The molecule has 10 nitrogen and oxygen atoms in total. The van der Waals surface area contributed by atoms with Crippen molar-refractivity contribution in [2.75, 3.05) is 18.6 Å². The minimum atomic E-state index is -4.93. The number of nitrogens with zero attached hydrogens (tertiary/aromatic N) is 5. The molecule has 0 radical (unpaired) electrons. The lowest BCUT2D eigenvalue weighted by molar-refractivity contribution is -0.139. The Hall–Kier alpha value is -4.07. The number of hydrogen-bond donors (Lipinski definition) is 1. The first-order valence-electron chi connectivity index (χ1n) is 13.4. The van der Waals surface area contributed by atoms with Crippen LogP contribution in [-0.4, -0.2) is 56.7 Å². The fourth-order valence-electron chi connectivity index (χ4n) is 5.04. The summed E-state index contributed by atoms with van der Waals surface area (Å²) in [6.45, 7) is 3.65. The van der Waals surface area contributed by atoms with Crippen LogP contribution in [0.4, 0.5) is 23.2 Å². The molecule has 1 fully saturated rings. The molecule has 1 amide bonds. The van der Waals surface area contributed by atoms with Gasteiger partial charge in [0.25, 0.3) is 0 Å². The summed E-state index contributed by atoms with van der Waals surface area (Å²) in [6.07, 6.45) is 1.73. The molecule has 4 rings (SSSR count). The predicted octanol–water partition coefficient (Wildman–Crippen LogP) is 5.56. The Bertz CT molecular complexity index is 1410. The summed E-state index contributed by atoms with van der Waals surface area (Å²) in [4.78, 5) is 32.1. The number of pyridine rings is 1. The number of aromatic carboxylic acids is 1. The van der Waals surface area contributed by atoms with Crippen LogP contribution in [0.5, 0.6) is 11.6 Å². The highest BCUT2D eigenvalue weighted by molar-refractivity contribution is 6.03. The Labute approximate surface area is 239 Å². The average molecular weight is 594 g/mol. The van der Waals surface area contributed by atoms with Gasteiger partial charge in [-0.25, -0.2) is 14.2 Å². The van der Waals surface area contributed by atoms with Crippen LogP contribution in [0.3, 0.4) is 0 Å². The fourth-order valence-corrected chi connectivity index (χ4v) is 5.04. The van der Waals surface area contributed by atoms with E-state index in [4.69, 9.17) is 9.47 Å². The SMILES string of the molecule is COC[C@H](C)N(C(=O)C1CCC(C)CC1)c1cc(F)c(Oc2ncc(Cn3nccn3)cc2C(F)(F)F)cc1C(=O)O. The van der Waals surface area contributed by atoms with Crippen LogP contribution in [0.2, 0.25) is 0 Å². The first-order chi connectivity index (χ1) is 19.9. The molecule has 2 aromatic heterocycles. The van der Waals surface area contributed by atoms with Crippen LogP contribution < -0.4 is 9.64 Å². The van der Waals surface area contributed by atoms with E-state index in [1.54, 1.807) is 6.92 Å². The smallest absolute Gasteiger partial charge is 0.421 e. The molecule has 0 unspecified atom stereocenters. The summed E-state index contributed by atoms with van der Waals surface area (Å²) >= 11 is 0. The van der Waals surface area contributed by atoms with Gasteiger partial charge < -0.3 is 19.5 Å². The summed E-state index contributed by atoms with van der Waals surface area (Å²) in [6, 6.07) is 1.66. The monoisotopic (exact) mass is 593 g/mol. The molecule has 1 N–H and O–H groups in total. The lowest BCUT2D eigenvalue weighted by atomic mass is 9.82. The number of halogens is 4. The van der Waals surface area contributed by atoms with Crippen molar-refractivity contribution in [2.24, 2.45) is 11.8 Å². The van der Waals surface area contributed by atoms with Crippen LogP contribution >= 0.6 is 0 Å². The molecule has 42 heavy (non-hydrogen) atoms. The fraction of sp³-hybridized carbons (Fsp3) is 0.464. The average Bonchev–Trinajstić information content (AvgIpc) is 3.44. The van der Waals surface area contributed by atoms with Crippen LogP contribution in [0.1, 0.15) is 61.0 Å². The van der Waals surface area contributed by atoms with E-state index in [-0.39, 0.29) is 30.3 Å². The standard InChI is InChI=1S/C28H31F4N5O5/c1-16-4-6-19(7-5-16)26(38)37(17(2)15-41-3)23-12-22(29)24(11-20(23)27(39)40)42-25-21(28(30,31)32)10-18(13-33-25)14-36-34-8-9-35-36/h8-13,16-17,19H,4-7,14-15H2,1-3H3,(H,39,40)/t16?,17-,19?/m0/s1. The number of carboxylic acids is 1. The van der Waals surface area contributed by atoms with Gasteiger partial charge in [-0.2, -0.15) is 28.2 Å². The maximum Gasteiger partial charge on any atom is 0.421 e. The van der Waals surface area contributed by atoms with Crippen molar-refractivity contribution in [2.45, 2.75) is 58.3 Å². The molecule has 1 atom stereocenters. The number of benzene rings is 1. The van der Waals surface area contributed by atoms with E-state index >= 15 is 4.39 Å². The van der Waals surface area contributed by atoms with Crippen molar-refractivity contribution in [1.82, 2.24) is 20.0 Å². The first kappa shape index (κ1) is 30.9. The third-order valence-corrected chi connectivity index (χ3v) is 7.20. The number of anilines is 1. The van der Waals surface area contributed by atoms with Crippen LogP contribution in [-0.2, 0) is 22.3 Å². The van der Waals surface area contributed by atoms with Crippen molar-refractivity contribution in [3.8, 4) is 11.6 Å². The number of aromatic nitrogens is 4. The maximum absolute atomic E-state index is 15.5. The Kier molecular flexibility index (Phi) is 9.44. The number of alkyl halides is 3. The van der Waals surface area contributed by atoms with E-state index in [9.17, 15) is 27.9 Å². The molecule has 226 valence electrons. The topological polar surface area (TPSA) is 120 Å². The van der Waals surface area contributed by atoms with Gasteiger partial charge >= 0.3 is 12.1 Å². The number of ether oxygens (including phenoxy) is 2. The van der Waals surface area contributed by atoms with Crippen molar-refractivity contribution in [1.29, 1.82) is 0 Å². The van der Waals surface area contributed by atoms with E-state index < -0.39 is 52.7 Å². The molecule has 0 bridgehead atoms. The number of carbonyl (C=O) groups excluding carboxylic acids is 1. The zero-order valence-corrected chi connectivity index (χ0v) is 23.3. The highest BCUT2D eigenvalue weighted by Crippen LogP contribution is 2.40. The largest absolute Gasteiger partial charge is 0.478 e. The minimum absolute atomic E-state index is 0.0348. The van der Waals surface area contributed by atoms with Gasteiger partial charge in [-0.3, -0.25) is 4.79 Å². The van der Waals surface area contributed by atoms with Gasteiger partial charge in [-0.05, 0) is 50.2 Å². The lowest BCUT2D eigenvalue weighted by Gasteiger charge is -2.35. The molecule has 3 aromatic rings. The molecular formula is C28H31F4N5O5. The minimum Gasteiger partial charge on any atom is -0.478 e. The van der Waals surface area contributed by atoms with Crippen LogP contribution in [0.15, 0.2) is 36.8 Å². The molecule has 0 spiro atoms. The quantitative estimate of drug-likeness (QED) is 0.303. The molecular weight excluding hydrogens is 562 g/mol. The summed E-state index contributed by atoms with van der Waals surface area (Å²) < 4.78 is 67.7. The lowest BCUT2D eigenvalue weighted by Crippen LogP contribution is -2.46. The zero-order chi connectivity index (χ0) is 30.6. The van der Waals surface area contributed by atoms with E-state index in [0.29, 0.717) is 18.8 Å². The molecule has 1 aromatic carbocycles. The number of methoxy groups -OCH3 is 1. The molecule has 1 aliphatic rings. The van der Waals surface area contributed by atoms with Gasteiger partial charge in [-0.15, -0.1) is 0 Å². The van der Waals surface area contributed by atoms with Gasteiger partial charge in [0.05, 0.1) is 42.8 Å². The summed E-state index contributed by atoms with van der Waals surface area (Å²) in [5.74, 6) is -4.78. The third-order valence-electron chi connectivity index (χ3n) is 7.20. The second-order valence-electron chi connectivity index (χ2n) is 10.4. The van der Waals surface area contributed by atoms with Crippen molar-refractivity contribution < 1.29 is 41.7 Å². The Morgan fingerprint density at radius 3 is 2.40 bits per heavy atom. The second-order valence-corrected chi connectivity index (χ2v) is 10.4. The maximum atomic E-state index is 15.5. The second kappa shape index (κ2) is 12.8. The summed E-state index contributed by atoms with van der Waals surface area (Å²) in [7, 11) is 1.42. The molecule has 0 aliphatic heterocycles. The highest BCUT2D eigenvalue weighted by atomic mass is 19.4. The van der Waals surface area contributed by atoms with E-state index in [1.165, 1.54) is 24.4 Å². The van der Waals surface area contributed by atoms with Gasteiger partial charge in [0.1, 0.15) is 5.56 Å². The Morgan fingerprint density at radius 2 is 1.81 bits per heavy atom. The van der Waals surface area contributed by atoms with E-state index in [0.717, 1.165) is 42.0 Å². The van der Waals surface area contributed by atoms with Crippen LogP contribution in [0, 0.1) is 17.7 Å². The van der Waals surface area contributed by atoms with Crippen molar-refractivity contribution >= 4 is 17.6 Å². The number of carbonyl (C=O) groups is 2. The molecule has 1 aliphatic carbocycles.